The van der Waals surface area contributed by atoms with E-state index in [2.05, 4.69) is 15.4 Å². The van der Waals surface area contributed by atoms with Gasteiger partial charge in [-0.2, -0.15) is 5.10 Å². The third-order valence-electron chi connectivity index (χ3n) is 5.44. The first-order valence-electron chi connectivity index (χ1n) is 9.73. The molecule has 150 valence electrons. The molecular weight excluding hydrogens is 371 g/mol. The van der Waals surface area contributed by atoms with Crippen LogP contribution in [0.3, 0.4) is 0 Å². The van der Waals surface area contributed by atoms with Gasteiger partial charge in [0.25, 0.3) is 0 Å². The molecule has 1 amide bonds. The third kappa shape index (κ3) is 4.35. The molecule has 7 heteroatoms. The topological polar surface area (TPSA) is 69.0 Å². The van der Waals surface area contributed by atoms with Gasteiger partial charge in [-0.3, -0.25) is 14.5 Å². The summed E-state index contributed by atoms with van der Waals surface area (Å²) in [5, 5.41) is 7.43. The van der Waals surface area contributed by atoms with Crippen LogP contribution in [0.5, 0.6) is 0 Å². The molecule has 29 heavy (non-hydrogen) atoms. The van der Waals surface area contributed by atoms with Crippen LogP contribution in [0.4, 0.5) is 10.2 Å². The number of ether oxygens (including phenoxy) is 1. The number of nitrogens with zero attached hydrogens (tertiary/aromatic N) is 3. The zero-order chi connectivity index (χ0) is 20.1. The summed E-state index contributed by atoms with van der Waals surface area (Å²) in [6, 6.07) is 11.9. The number of nitrogens with one attached hydrogen (secondary N) is 1. The molecule has 6 nitrogen and oxygen atoms in total. The number of aromatic nitrogens is 3. The summed E-state index contributed by atoms with van der Waals surface area (Å²) in [5.41, 5.74) is 1.24. The van der Waals surface area contributed by atoms with Gasteiger partial charge >= 0.3 is 0 Å². The summed E-state index contributed by atoms with van der Waals surface area (Å²) in [6.45, 7) is 1.69. The molecule has 4 rings (SSSR count). The second-order valence-electron chi connectivity index (χ2n) is 7.23. The van der Waals surface area contributed by atoms with Crippen molar-refractivity contribution in [2.75, 3.05) is 18.5 Å². The lowest BCUT2D eigenvalue weighted by Crippen LogP contribution is -2.45. The Bertz CT molecular complexity index is 950. The lowest BCUT2D eigenvalue weighted by Gasteiger charge is -2.36. The minimum atomic E-state index is -0.743. The minimum absolute atomic E-state index is 0.133. The molecule has 1 aliphatic rings. The molecule has 0 aliphatic carbocycles. The summed E-state index contributed by atoms with van der Waals surface area (Å²) in [7, 11) is 0. The number of carbonyl (C=O) groups excluding carboxylic acids is 1. The van der Waals surface area contributed by atoms with E-state index < -0.39 is 5.41 Å². The van der Waals surface area contributed by atoms with Crippen molar-refractivity contribution in [1.29, 1.82) is 0 Å². The van der Waals surface area contributed by atoms with Crippen LogP contribution in [0.15, 0.2) is 61.1 Å². The van der Waals surface area contributed by atoms with Gasteiger partial charge < -0.3 is 10.1 Å². The van der Waals surface area contributed by atoms with Crippen LogP contribution in [0, 0.1) is 5.82 Å². The van der Waals surface area contributed by atoms with Crippen LogP contribution in [-0.2, 0) is 27.9 Å². The number of halogens is 1. The van der Waals surface area contributed by atoms with E-state index >= 15 is 0 Å². The lowest BCUT2D eigenvalue weighted by molar-refractivity contribution is -0.125. The number of benzene rings is 1. The van der Waals surface area contributed by atoms with Gasteiger partial charge in [0.05, 0.1) is 5.41 Å². The van der Waals surface area contributed by atoms with Crippen LogP contribution >= 0.6 is 0 Å². The lowest BCUT2D eigenvalue weighted by atomic mass is 9.73. The Kier molecular flexibility index (Phi) is 5.67. The summed E-state index contributed by atoms with van der Waals surface area (Å²) in [4.78, 5) is 17.3. The number of hydrogen-bond acceptors (Lipinski definition) is 4. The maximum atomic E-state index is 13.4. The molecule has 1 aliphatic heterocycles. The van der Waals surface area contributed by atoms with Gasteiger partial charge in [0.2, 0.25) is 5.91 Å². The molecule has 1 fully saturated rings. The molecule has 1 N–H and O–H groups in total. The highest BCUT2D eigenvalue weighted by molar-refractivity contribution is 5.98. The van der Waals surface area contributed by atoms with Gasteiger partial charge in [-0.25, -0.2) is 4.39 Å². The molecule has 0 radical (unpaired) electrons. The van der Waals surface area contributed by atoms with Crippen molar-refractivity contribution in [3.8, 4) is 0 Å². The van der Waals surface area contributed by atoms with Crippen molar-refractivity contribution >= 4 is 11.7 Å². The smallest absolute Gasteiger partial charge is 0.236 e. The van der Waals surface area contributed by atoms with E-state index in [-0.39, 0.29) is 11.7 Å². The molecule has 0 atom stereocenters. The minimum Gasteiger partial charge on any atom is -0.381 e. The Morgan fingerprint density at radius 3 is 2.55 bits per heavy atom. The molecule has 1 aromatic carbocycles. The molecule has 3 aromatic rings. The van der Waals surface area contributed by atoms with Gasteiger partial charge in [0, 0.05) is 44.4 Å². The maximum Gasteiger partial charge on any atom is 0.236 e. The van der Waals surface area contributed by atoms with E-state index in [0.29, 0.717) is 38.4 Å². The quantitative estimate of drug-likeness (QED) is 0.696. The fraction of sp³-hybridized carbons (Fsp3) is 0.318. The van der Waals surface area contributed by atoms with Crippen LogP contribution < -0.4 is 5.32 Å². The van der Waals surface area contributed by atoms with Crippen LogP contribution in [-0.4, -0.2) is 33.9 Å². The molecule has 0 bridgehead atoms. The van der Waals surface area contributed by atoms with Gasteiger partial charge in [0.1, 0.15) is 5.82 Å². The summed E-state index contributed by atoms with van der Waals surface area (Å²) >= 11 is 0. The van der Waals surface area contributed by atoms with E-state index in [9.17, 15) is 9.18 Å². The number of amides is 1. The summed E-state index contributed by atoms with van der Waals surface area (Å²) < 4.78 is 20.7. The predicted molar refractivity (Wildman–Crippen MR) is 107 cm³/mol. The van der Waals surface area contributed by atoms with Gasteiger partial charge in [0.15, 0.2) is 5.82 Å². The fourth-order valence-electron chi connectivity index (χ4n) is 3.72. The van der Waals surface area contributed by atoms with Crippen molar-refractivity contribution in [3.63, 3.8) is 0 Å². The third-order valence-corrected chi connectivity index (χ3v) is 5.44. The summed E-state index contributed by atoms with van der Waals surface area (Å²) in [6.07, 6.45) is 7.32. The molecule has 1 saturated heterocycles. The Labute approximate surface area is 168 Å². The standard InChI is InChI=1S/C22H23FN4O2/c23-19-3-1-18(2-4-19)22(9-15-29-16-10-22)21(28)25-20-8-14-27(26-20)13-7-17-5-11-24-12-6-17/h1-6,8,11-12,14H,7,9-10,13,15-16H2,(H,25,26,28). The molecule has 2 aromatic heterocycles. The SMILES string of the molecule is O=C(Nc1ccn(CCc2ccncc2)n1)C1(c2ccc(F)cc2)CCOCC1. The molecular formula is C22H23FN4O2. The maximum absolute atomic E-state index is 13.4. The highest BCUT2D eigenvalue weighted by Gasteiger charge is 2.42. The second kappa shape index (κ2) is 8.53. The number of carbonyl (C=O) groups is 1. The van der Waals surface area contributed by atoms with Crippen molar-refractivity contribution in [3.05, 3.63) is 78.0 Å². The van der Waals surface area contributed by atoms with E-state index in [0.717, 1.165) is 12.0 Å². The average molecular weight is 394 g/mol. The first kappa shape index (κ1) is 19.3. The van der Waals surface area contributed by atoms with Crippen LogP contribution in [0.1, 0.15) is 24.0 Å². The molecule has 0 unspecified atom stereocenters. The van der Waals surface area contributed by atoms with Crippen LogP contribution in [0.2, 0.25) is 0 Å². The largest absolute Gasteiger partial charge is 0.381 e. The number of hydrogen-bond donors (Lipinski definition) is 1. The molecule has 3 heterocycles. The second-order valence-corrected chi connectivity index (χ2v) is 7.23. The number of rotatable bonds is 6. The van der Waals surface area contributed by atoms with Gasteiger partial charge in [-0.15, -0.1) is 0 Å². The average Bonchev–Trinajstić information content (AvgIpc) is 3.21. The first-order chi connectivity index (χ1) is 14.2. The number of pyridine rings is 1. The van der Waals surface area contributed by atoms with E-state index in [4.69, 9.17) is 4.74 Å². The first-order valence-corrected chi connectivity index (χ1v) is 9.73. The van der Waals surface area contributed by atoms with Crippen molar-refractivity contribution in [2.45, 2.75) is 31.2 Å². The highest BCUT2D eigenvalue weighted by Crippen LogP contribution is 2.36. The summed E-state index contributed by atoms with van der Waals surface area (Å²) in [5.74, 6) is 0.0637. The van der Waals surface area contributed by atoms with Crippen molar-refractivity contribution in [1.82, 2.24) is 14.8 Å². The van der Waals surface area contributed by atoms with Gasteiger partial charge in [-0.1, -0.05) is 12.1 Å². The monoisotopic (exact) mass is 394 g/mol. The Hall–Kier alpha value is -3.06. The molecule has 0 spiro atoms. The number of anilines is 1. The fourth-order valence-corrected chi connectivity index (χ4v) is 3.72. The molecule has 0 saturated carbocycles. The predicted octanol–water partition coefficient (Wildman–Crippen LogP) is 3.35. The van der Waals surface area contributed by atoms with Crippen molar-refractivity contribution in [2.24, 2.45) is 0 Å². The Morgan fingerprint density at radius 1 is 1.10 bits per heavy atom. The van der Waals surface area contributed by atoms with Crippen LogP contribution in [0.25, 0.3) is 0 Å². The van der Waals surface area contributed by atoms with Gasteiger partial charge in [-0.05, 0) is 54.7 Å². The zero-order valence-corrected chi connectivity index (χ0v) is 16.1. The van der Waals surface area contributed by atoms with E-state index in [1.807, 2.05) is 23.0 Å². The van der Waals surface area contributed by atoms with E-state index in [1.54, 1.807) is 30.6 Å². The Morgan fingerprint density at radius 2 is 1.83 bits per heavy atom. The van der Waals surface area contributed by atoms with Crippen molar-refractivity contribution < 1.29 is 13.9 Å². The zero-order valence-electron chi connectivity index (χ0n) is 16.1. The highest BCUT2D eigenvalue weighted by atomic mass is 19.1. The van der Waals surface area contributed by atoms with E-state index in [1.165, 1.54) is 17.7 Å². The Balaban J connectivity index is 1.47. The normalized spacial score (nSPS) is 15.8. The number of aryl methyl sites for hydroxylation is 2.